The minimum absolute atomic E-state index is 0. The molecule has 0 aromatic heterocycles. The fourth-order valence-electron chi connectivity index (χ4n) is 3.54. The summed E-state index contributed by atoms with van der Waals surface area (Å²) in [5, 5.41) is 1.40. The lowest BCUT2D eigenvalue weighted by Gasteiger charge is -2.28. The molecular weight excluding hydrogens is 357 g/mol. The Labute approximate surface area is 153 Å². The van der Waals surface area contributed by atoms with Crippen LogP contribution in [0.1, 0.15) is 31.2 Å². The molecule has 1 aromatic rings. The smallest absolute Gasteiger partial charge is 0.148 e. The highest BCUT2D eigenvalue weighted by molar-refractivity contribution is 6.35. The molecule has 6 heteroatoms. The zero-order valence-corrected chi connectivity index (χ0v) is 15.3. The van der Waals surface area contributed by atoms with Crippen molar-refractivity contribution in [3.63, 3.8) is 0 Å². The third-order valence-corrected chi connectivity index (χ3v) is 5.40. The van der Waals surface area contributed by atoms with Crippen molar-refractivity contribution in [3.8, 4) is 0 Å². The molecule has 0 radical (unpaired) electrons. The average molecular weight is 379 g/mol. The van der Waals surface area contributed by atoms with Crippen molar-refractivity contribution in [3.05, 3.63) is 33.8 Å². The molecule has 0 bridgehead atoms. The van der Waals surface area contributed by atoms with Gasteiger partial charge in [-0.05, 0) is 43.4 Å². The Morgan fingerprint density at radius 2 is 1.96 bits per heavy atom. The van der Waals surface area contributed by atoms with Crippen LogP contribution >= 0.6 is 35.6 Å². The van der Waals surface area contributed by atoms with Crippen LogP contribution in [0.25, 0.3) is 0 Å². The summed E-state index contributed by atoms with van der Waals surface area (Å²) in [6, 6.07) is 5.97. The first kappa shape index (κ1) is 19.0. The summed E-state index contributed by atoms with van der Waals surface area (Å²) >= 11 is 12.4. The van der Waals surface area contributed by atoms with E-state index in [4.69, 9.17) is 27.9 Å². The molecular formula is C17H22Cl3NO2. The fraction of sp³-hybridized carbons (Fsp3) is 0.588. The largest absolute Gasteiger partial charge is 0.376 e. The van der Waals surface area contributed by atoms with Gasteiger partial charge in [0.2, 0.25) is 0 Å². The van der Waals surface area contributed by atoms with E-state index in [2.05, 4.69) is 4.90 Å². The van der Waals surface area contributed by atoms with E-state index >= 15 is 0 Å². The van der Waals surface area contributed by atoms with Crippen LogP contribution in [-0.2, 0) is 16.0 Å². The third kappa shape index (κ3) is 4.61. The number of Topliss-reactive ketones (excluding diaryl/α,β-unsaturated/α-hetero) is 1. The molecule has 0 N–H and O–H groups in total. The van der Waals surface area contributed by atoms with Crippen LogP contribution in [0, 0.1) is 0 Å². The molecule has 1 aliphatic carbocycles. The van der Waals surface area contributed by atoms with Gasteiger partial charge in [0, 0.05) is 29.1 Å². The van der Waals surface area contributed by atoms with Crippen LogP contribution in [0.4, 0.5) is 0 Å². The second kappa shape index (κ2) is 8.68. The minimum Gasteiger partial charge on any atom is -0.376 e. The second-order valence-electron chi connectivity index (χ2n) is 6.12. The number of ether oxygens (including phenoxy) is 1. The highest BCUT2D eigenvalue weighted by Gasteiger charge is 2.36. The molecule has 2 aliphatic rings. The summed E-state index contributed by atoms with van der Waals surface area (Å²) < 4.78 is 6.11. The van der Waals surface area contributed by atoms with E-state index in [0.717, 1.165) is 31.4 Å². The molecule has 2 atom stereocenters. The lowest BCUT2D eigenvalue weighted by Crippen LogP contribution is -2.40. The summed E-state index contributed by atoms with van der Waals surface area (Å²) in [7, 11) is 0. The molecule has 0 amide bonds. The van der Waals surface area contributed by atoms with Crippen molar-refractivity contribution in [1.82, 2.24) is 4.90 Å². The fourth-order valence-corrected chi connectivity index (χ4v) is 4.12. The van der Waals surface area contributed by atoms with Crippen molar-refractivity contribution >= 4 is 41.4 Å². The molecule has 3 rings (SSSR count). The van der Waals surface area contributed by atoms with E-state index < -0.39 is 0 Å². The van der Waals surface area contributed by atoms with Gasteiger partial charge in [-0.3, -0.25) is 9.69 Å². The maximum atomic E-state index is 11.5. The summed E-state index contributed by atoms with van der Waals surface area (Å²) in [5.41, 5.74) is 0.955. The molecule has 1 saturated carbocycles. The van der Waals surface area contributed by atoms with Crippen LogP contribution in [0.3, 0.4) is 0 Å². The lowest BCUT2D eigenvalue weighted by atomic mass is 10.1. The molecule has 1 aliphatic heterocycles. The molecule has 3 nitrogen and oxygen atoms in total. The van der Waals surface area contributed by atoms with Gasteiger partial charge in [0.1, 0.15) is 5.78 Å². The zero-order chi connectivity index (χ0) is 15.5. The number of nitrogens with zero attached hydrogens (tertiary/aromatic N) is 1. The number of hydrogen-bond acceptors (Lipinski definition) is 3. The van der Waals surface area contributed by atoms with Crippen molar-refractivity contribution in [2.75, 3.05) is 19.7 Å². The van der Waals surface area contributed by atoms with E-state index in [1.54, 1.807) is 0 Å². The summed E-state index contributed by atoms with van der Waals surface area (Å²) in [6.45, 7) is 2.10. The van der Waals surface area contributed by atoms with Gasteiger partial charge >= 0.3 is 0 Å². The zero-order valence-electron chi connectivity index (χ0n) is 13.0. The highest BCUT2D eigenvalue weighted by atomic mass is 35.5. The summed E-state index contributed by atoms with van der Waals surface area (Å²) in [5.74, 6) is 0.355. The average Bonchev–Trinajstić information content (AvgIpc) is 3.10. The maximum Gasteiger partial charge on any atom is 0.148 e. The molecule has 1 aromatic carbocycles. The Hall–Kier alpha value is -0.320. The summed E-state index contributed by atoms with van der Waals surface area (Å²) in [6.07, 6.45) is 5.02. The SMILES string of the molecule is Cl.O=C1CCN([C@@H]2CCC[C@H]2OCCc2c(Cl)cccc2Cl)C1. The number of rotatable bonds is 5. The Kier molecular flexibility index (Phi) is 7.18. The van der Waals surface area contributed by atoms with Crippen LogP contribution in [0.2, 0.25) is 10.0 Å². The number of likely N-dealkylation sites (tertiary alicyclic amines) is 1. The first-order chi connectivity index (χ1) is 10.6. The number of carbonyl (C=O) groups is 1. The molecule has 23 heavy (non-hydrogen) atoms. The molecule has 128 valence electrons. The lowest BCUT2D eigenvalue weighted by molar-refractivity contribution is -0.117. The quantitative estimate of drug-likeness (QED) is 0.770. The molecule has 0 spiro atoms. The standard InChI is InChI=1S/C17H21Cl2NO2.ClH/c18-14-3-1-4-15(19)13(14)8-10-22-17-6-2-5-16(17)20-9-7-12(21)11-20;/h1,3-4,16-17H,2,5-11H2;1H/t16-,17-;/m1./s1. The predicted molar refractivity (Wildman–Crippen MR) is 96.0 cm³/mol. The minimum atomic E-state index is 0. The third-order valence-electron chi connectivity index (χ3n) is 4.69. The number of halogens is 3. The first-order valence-corrected chi connectivity index (χ1v) is 8.71. The second-order valence-corrected chi connectivity index (χ2v) is 6.93. The predicted octanol–water partition coefficient (Wildman–Crippen LogP) is 4.17. The van der Waals surface area contributed by atoms with E-state index in [0.29, 0.717) is 41.4 Å². The number of ketones is 1. The highest BCUT2D eigenvalue weighted by Crippen LogP contribution is 2.30. The first-order valence-electron chi connectivity index (χ1n) is 7.95. The van der Waals surface area contributed by atoms with Crippen molar-refractivity contribution in [2.24, 2.45) is 0 Å². The Balaban J connectivity index is 0.00000192. The molecule has 2 fully saturated rings. The van der Waals surface area contributed by atoms with Crippen molar-refractivity contribution in [1.29, 1.82) is 0 Å². The van der Waals surface area contributed by atoms with Gasteiger partial charge in [0.15, 0.2) is 0 Å². The van der Waals surface area contributed by atoms with Gasteiger partial charge in [-0.15, -0.1) is 12.4 Å². The van der Waals surface area contributed by atoms with Crippen LogP contribution in [0.5, 0.6) is 0 Å². The number of carbonyl (C=O) groups excluding carboxylic acids is 1. The van der Waals surface area contributed by atoms with Gasteiger partial charge in [-0.1, -0.05) is 29.3 Å². The number of hydrogen-bond donors (Lipinski definition) is 0. The maximum absolute atomic E-state index is 11.5. The monoisotopic (exact) mass is 377 g/mol. The van der Waals surface area contributed by atoms with Crippen LogP contribution < -0.4 is 0 Å². The Morgan fingerprint density at radius 1 is 1.22 bits per heavy atom. The molecule has 1 saturated heterocycles. The van der Waals surface area contributed by atoms with Crippen molar-refractivity contribution < 1.29 is 9.53 Å². The van der Waals surface area contributed by atoms with Gasteiger partial charge in [-0.2, -0.15) is 0 Å². The summed E-state index contributed by atoms with van der Waals surface area (Å²) in [4.78, 5) is 13.8. The van der Waals surface area contributed by atoms with Crippen LogP contribution in [-0.4, -0.2) is 42.5 Å². The van der Waals surface area contributed by atoms with E-state index in [1.165, 1.54) is 6.42 Å². The molecule has 1 heterocycles. The van der Waals surface area contributed by atoms with Crippen molar-refractivity contribution in [2.45, 2.75) is 44.2 Å². The van der Waals surface area contributed by atoms with Crippen LogP contribution in [0.15, 0.2) is 18.2 Å². The Bertz CT molecular complexity index is 532. The Morgan fingerprint density at radius 3 is 2.61 bits per heavy atom. The molecule has 0 unspecified atom stereocenters. The topological polar surface area (TPSA) is 29.5 Å². The van der Waals surface area contributed by atoms with Gasteiger partial charge in [-0.25, -0.2) is 0 Å². The van der Waals surface area contributed by atoms with Gasteiger partial charge in [0.25, 0.3) is 0 Å². The van der Waals surface area contributed by atoms with Gasteiger partial charge < -0.3 is 4.74 Å². The van der Waals surface area contributed by atoms with Gasteiger partial charge in [0.05, 0.1) is 19.3 Å². The number of benzene rings is 1. The van der Waals surface area contributed by atoms with E-state index in [1.807, 2.05) is 18.2 Å². The van der Waals surface area contributed by atoms with E-state index in [9.17, 15) is 4.79 Å². The van der Waals surface area contributed by atoms with E-state index in [-0.39, 0.29) is 18.5 Å². The normalized spacial score (nSPS) is 24.9.